The highest BCUT2D eigenvalue weighted by Gasteiger charge is 2.23. The average Bonchev–Trinajstić information content (AvgIpc) is 2.32. The molecule has 1 N–H and O–H groups in total. The molecule has 2 atom stereocenters. The fourth-order valence-corrected chi connectivity index (χ4v) is 3.27. The molecular weight excluding hydrogens is 327 g/mol. The number of aryl methyl sites for hydroxylation is 1. The average molecular weight is 346 g/mol. The minimum atomic E-state index is 0.0330. The first-order valence-electron chi connectivity index (χ1n) is 6.40. The SMILES string of the molecule is CCc1nc(C2CCCC(C)C2)[nH]c(=O)c1I. The Bertz CT molecular complexity index is 455. The van der Waals surface area contributed by atoms with Gasteiger partial charge in [-0.2, -0.15) is 0 Å². The molecule has 0 aromatic carbocycles. The highest BCUT2D eigenvalue weighted by Crippen LogP contribution is 2.34. The largest absolute Gasteiger partial charge is 0.309 e. The van der Waals surface area contributed by atoms with Crippen LogP contribution in [-0.4, -0.2) is 9.97 Å². The summed E-state index contributed by atoms with van der Waals surface area (Å²) in [4.78, 5) is 19.5. The van der Waals surface area contributed by atoms with E-state index < -0.39 is 0 Å². The third-order valence-electron chi connectivity index (χ3n) is 3.61. The third kappa shape index (κ3) is 2.89. The van der Waals surface area contributed by atoms with Crippen LogP contribution >= 0.6 is 22.6 Å². The smallest absolute Gasteiger partial charge is 0.264 e. The Hall–Kier alpha value is -0.390. The molecule has 17 heavy (non-hydrogen) atoms. The van der Waals surface area contributed by atoms with Crippen molar-refractivity contribution in [1.29, 1.82) is 0 Å². The molecule has 0 aliphatic heterocycles. The molecule has 94 valence electrons. The monoisotopic (exact) mass is 346 g/mol. The Morgan fingerprint density at radius 2 is 2.24 bits per heavy atom. The van der Waals surface area contributed by atoms with Gasteiger partial charge < -0.3 is 4.98 Å². The molecule has 1 aliphatic rings. The minimum Gasteiger partial charge on any atom is -0.309 e. The lowest BCUT2D eigenvalue weighted by Crippen LogP contribution is -2.22. The van der Waals surface area contributed by atoms with E-state index in [1.165, 1.54) is 12.8 Å². The summed E-state index contributed by atoms with van der Waals surface area (Å²) in [6, 6.07) is 0. The van der Waals surface area contributed by atoms with E-state index in [1.54, 1.807) is 0 Å². The van der Waals surface area contributed by atoms with Crippen molar-refractivity contribution in [2.75, 3.05) is 0 Å². The number of nitrogens with one attached hydrogen (secondary N) is 1. The zero-order chi connectivity index (χ0) is 12.4. The predicted octanol–water partition coefficient (Wildman–Crippen LogP) is 3.23. The number of hydrogen-bond donors (Lipinski definition) is 1. The second-order valence-corrected chi connectivity index (χ2v) is 6.11. The van der Waals surface area contributed by atoms with Crippen molar-refractivity contribution in [2.45, 2.75) is 51.9 Å². The molecule has 1 aromatic rings. The summed E-state index contributed by atoms with van der Waals surface area (Å²) in [5, 5.41) is 0. The lowest BCUT2D eigenvalue weighted by Gasteiger charge is -2.26. The van der Waals surface area contributed by atoms with E-state index in [4.69, 9.17) is 0 Å². The van der Waals surface area contributed by atoms with Crippen LogP contribution in [0.3, 0.4) is 0 Å². The van der Waals surface area contributed by atoms with Crippen molar-refractivity contribution in [3.63, 3.8) is 0 Å². The minimum absolute atomic E-state index is 0.0330. The Morgan fingerprint density at radius 1 is 1.47 bits per heavy atom. The van der Waals surface area contributed by atoms with Gasteiger partial charge in [0.2, 0.25) is 0 Å². The second kappa shape index (κ2) is 5.50. The van der Waals surface area contributed by atoms with Crippen LogP contribution in [0.2, 0.25) is 0 Å². The number of aromatic nitrogens is 2. The predicted molar refractivity (Wildman–Crippen MR) is 77.3 cm³/mol. The van der Waals surface area contributed by atoms with E-state index in [0.29, 0.717) is 5.92 Å². The summed E-state index contributed by atoms with van der Waals surface area (Å²) in [6.07, 6.45) is 5.72. The van der Waals surface area contributed by atoms with Gasteiger partial charge in [-0.3, -0.25) is 4.79 Å². The first-order valence-corrected chi connectivity index (χ1v) is 7.48. The summed E-state index contributed by atoms with van der Waals surface area (Å²) in [6.45, 7) is 4.34. The van der Waals surface area contributed by atoms with Gasteiger partial charge in [-0.1, -0.05) is 26.7 Å². The molecule has 3 nitrogen and oxygen atoms in total. The quantitative estimate of drug-likeness (QED) is 0.836. The van der Waals surface area contributed by atoms with Crippen LogP contribution in [0.5, 0.6) is 0 Å². The maximum absolute atomic E-state index is 11.8. The maximum Gasteiger partial charge on any atom is 0.264 e. The highest BCUT2D eigenvalue weighted by molar-refractivity contribution is 14.1. The summed E-state index contributed by atoms with van der Waals surface area (Å²) in [5.74, 6) is 2.12. The standard InChI is InChI=1S/C13H19IN2O/c1-3-10-11(14)13(17)16-12(15-10)9-6-4-5-8(2)7-9/h8-9H,3-7H2,1-2H3,(H,15,16,17). The molecule has 1 aliphatic carbocycles. The number of H-pyrrole nitrogens is 1. The Balaban J connectivity index is 2.32. The molecule has 4 heteroatoms. The van der Waals surface area contributed by atoms with Gasteiger partial charge in [0.05, 0.1) is 9.26 Å². The molecule has 0 amide bonds. The van der Waals surface area contributed by atoms with Gasteiger partial charge >= 0.3 is 0 Å². The van der Waals surface area contributed by atoms with E-state index in [0.717, 1.165) is 40.3 Å². The van der Waals surface area contributed by atoms with Crippen LogP contribution < -0.4 is 5.56 Å². The molecule has 1 heterocycles. The normalized spacial score (nSPS) is 24.9. The summed E-state index contributed by atoms with van der Waals surface area (Å²) >= 11 is 2.09. The molecule has 2 unspecified atom stereocenters. The van der Waals surface area contributed by atoms with E-state index in [2.05, 4.69) is 46.4 Å². The van der Waals surface area contributed by atoms with Gasteiger partial charge in [0.1, 0.15) is 5.82 Å². The molecule has 1 saturated carbocycles. The molecule has 0 saturated heterocycles. The molecule has 2 rings (SSSR count). The molecule has 0 spiro atoms. The number of aromatic amines is 1. The van der Waals surface area contributed by atoms with Crippen molar-refractivity contribution < 1.29 is 0 Å². The number of hydrogen-bond acceptors (Lipinski definition) is 2. The number of nitrogens with zero attached hydrogens (tertiary/aromatic N) is 1. The van der Waals surface area contributed by atoms with Gasteiger partial charge in [-0.15, -0.1) is 0 Å². The summed E-state index contributed by atoms with van der Waals surface area (Å²) in [7, 11) is 0. The van der Waals surface area contributed by atoms with Crippen molar-refractivity contribution in [2.24, 2.45) is 5.92 Å². The van der Waals surface area contributed by atoms with Crippen LogP contribution in [0, 0.1) is 9.49 Å². The molecular formula is C13H19IN2O. The van der Waals surface area contributed by atoms with Gasteiger partial charge in [0.15, 0.2) is 0 Å². The van der Waals surface area contributed by atoms with Crippen LogP contribution in [-0.2, 0) is 6.42 Å². The maximum atomic E-state index is 11.8. The fraction of sp³-hybridized carbons (Fsp3) is 0.692. The second-order valence-electron chi connectivity index (χ2n) is 5.03. The van der Waals surface area contributed by atoms with Crippen LogP contribution in [0.4, 0.5) is 0 Å². The van der Waals surface area contributed by atoms with Crippen molar-refractivity contribution >= 4 is 22.6 Å². The van der Waals surface area contributed by atoms with Crippen LogP contribution in [0.25, 0.3) is 0 Å². The van der Waals surface area contributed by atoms with Crippen molar-refractivity contribution in [3.05, 3.63) is 25.4 Å². The van der Waals surface area contributed by atoms with Gasteiger partial charge in [0, 0.05) is 5.92 Å². The van der Waals surface area contributed by atoms with Gasteiger partial charge in [-0.25, -0.2) is 4.98 Å². The number of rotatable bonds is 2. The lowest BCUT2D eigenvalue weighted by atomic mass is 9.82. The zero-order valence-corrected chi connectivity index (χ0v) is 12.6. The van der Waals surface area contributed by atoms with Crippen LogP contribution in [0.15, 0.2) is 4.79 Å². The van der Waals surface area contributed by atoms with E-state index in [-0.39, 0.29) is 5.56 Å². The van der Waals surface area contributed by atoms with Crippen molar-refractivity contribution in [1.82, 2.24) is 9.97 Å². The van der Waals surface area contributed by atoms with E-state index >= 15 is 0 Å². The molecule has 0 radical (unpaired) electrons. The molecule has 1 fully saturated rings. The Labute approximate surface area is 116 Å². The van der Waals surface area contributed by atoms with Gasteiger partial charge in [0.25, 0.3) is 5.56 Å². The highest BCUT2D eigenvalue weighted by atomic mass is 127. The molecule has 1 aromatic heterocycles. The third-order valence-corrected chi connectivity index (χ3v) is 4.72. The van der Waals surface area contributed by atoms with Crippen LogP contribution in [0.1, 0.15) is 57.0 Å². The number of halogens is 1. The van der Waals surface area contributed by atoms with E-state index in [9.17, 15) is 4.79 Å². The first kappa shape index (κ1) is 13.1. The first-order chi connectivity index (χ1) is 8.11. The fourth-order valence-electron chi connectivity index (χ4n) is 2.63. The topological polar surface area (TPSA) is 45.8 Å². The van der Waals surface area contributed by atoms with Crippen molar-refractivity contribution in [3.8, 4) is 0 Å². The Morgan fingerprint density at radius 3 is 2.88 bits per heavy atom. The summed E-state index contributed by atoms with van der Waals surface area (Å²) < 4.78 is 0.748. The summed E-state index contributed by atoms with van der Waals surface area (Å²) in [5.41, 5.74) is 0.980. The van der Waals surface area contributed by atoms with E-state index in [1.807, 2.05) is 0 Å². The zero-order valence-electron chi connectivity index (χ0n) is 10.4. The Kier molecular flexibility index (Phi) is 4.22. The van der Waals surface area contributed by atoms with Gasteiger partial charge in [-0.05, 0) is 47.8 Å². The lowest BCUT2D eigenvalue weighted by molar-refractivity contribution is 0.334. The molecule has 0 bridgehead atoms.